The average molecular weight is 411 g/mol. The van der Waals surface area contributed by atoms with Crippen LogP contribution in [0.1, 0.15) is 21.5 Å². The number of amides is 1. The molecule has 0 radical (unpaired) electrons. The number of hydrogen-bond donors (Lipinski definition) is 3. The zero-order valence-corrected chi connectivity index (χ0v) is 16.7. The molecular weight excluding hydrogens is 390 g/mol. The van der Waals surface area contributed by atoms with E-state index in [0.29, 0.717) is 23.2 Å². The Hall–Kier alpha value is -4.19. The van der Waals surface area contributed by atoms with E-state index in [9.17, 15) is 14.8 Å². The van der Waals surface area contributed by atoms with Crippen LogP contribution in [0.5, 0.6) is 0 Å². The summed E-state index contributed by atoms with van der Waals surface area (Å²) >= 11 is 0. The van der Waals surface area contributed by atoms with Crippen LogP contribution in [0.25, 0.3) is 0 Å². The van der Waals surface area contributed by atoms with Crippen molar-refractivity contribution in [3.8, 4) is 0 Å². The Kier molecular flexibility index (Phi) is 5.89. The summed E-state index contributed by atoms with van der Waals surface area (Å²) < 4.78 is 0. The molecule has 6 heteroatoms. The van der Waals surface area contributed by atoms with Gasteiger partial charge >= 0.3 is 0 Å². The Labute approximate surface area is 179 Å². The molecule has 0 saturated carbocycles. The molecule has 3 aromatic carbocycles. The first-order valence-corrected chi connectivity index (χ1v) is 9.90. The van der Waals surface area contributed by atoms with Crippen LogP contribution in [0.15, 0.2) is 102 Å². The number of hydrogen-bond acceptors (Lipinski definition) is 5. The number of carbonyl (C=O) groups is 2. The summed E-state index contributed by atoms with van der Waals surface area (Å²) in [7, 11) is 0. The lowest BCUT2D eigenvalue weighted by atomic mass is 9.91. The summed E-state index contributed by atoms with van der Waals surface area (Å²) in [6.07, 6.45) is 1.84. The number of allylic oxidation sites excluding steroid dienone is 2. The van der Waals surface area contributed by atoms with Crippen LogP contribution in [0, 0.1) is 0 Å². The fraction of sp³-hybridized carbons (Fsp3) is 0.0800. The van der Waals surface area contributed by atoms with E-state index in [2.05, 4.69) is 15.8 Å². The van der Waals surface area contributed by atoms with E-state index in [1.807, 2.05) is 48.5 Å². The van der Waals surface area contributed by atoms with E-state index in [0.717, 1.165) is 5.56 Å². The highest BCUT2D eigenvalue weighted by molar-refractivity contribution is 6.26. The monoisotopic (exact) mass is 411 g/mol. The van der Waals surface area contributed by atoms with Gasteiger partial charge in [-0.1, -0.05) is 78.0 Å². The Balaban J connectivity index is 1.63. The number of fused-ring (bicyclic) bond motifs is 1. The quantitative estimate of drug-likeness (QED) is 0.425. The molecule has 154 valence electrons. The lowest BCUT2D eigenvalue weighted by Gasteiger charge is -2.24. The van der Waals surface area contributed by atoms with Gasteiger partial charge in [-0.2, -0.15) is 0 Å². The van der Waals surface area contributed by atoms with Gasteiger partial charge in [0.2, 0.25) is 11.7 Å². The van der Waals surface area contributed by atoms with Crippen LogP contribution in [0.2, 0.25) is 0 Å². The third kappa shape index (κ3) is 4.53. The van der Waals surface area contributed by atoms with Crippen molar-refractivity contribution in [2.45, 2.75) is 12.5 Å². The van der Waals surface area contributed by atoms with E-state index in [-0.39, 0.29) is 23.1 Å². The van der Waals surface area contributed by atoms with E-state index < -0.39 is 6.04 Å². The number of nitrogens with zero attached hydrogens (tertiary/aromatic N) is 1. The van der Waals surface area contributed by atoms with Crippen molar-refractivity contribution < 1.29 is 14.8 Å². The lowest BCUT2D eigenvalue weighted by molar-refractivity contribution is -0.117. The number of rotatable bonds is 6. The predicted octanol–water partition coefficient (Wildman–Crippen LogP) is 3.78. The predicted molar refractivity (Wildman–Crippen MR) is 119 cm³/mol. The summed E-state index contributed by atoms with van der Waals surface area (Å²) in [5, 5.41) is 18.7. The highest BCUT2D eigenvalue weighted by Gasteiger charge is 2.28. The first-order chi connectivity index (χ1) is 15.2. The fourth-order valence-corrected chi connectivity index (χ4v) is 3.52. The van der Waals surface area contributed by atoms with Crippen LogP contribution in [-0.2, 0) is 11.2 Å². The number of oxime groups is 1. The molecule has 0 heterocycles. The van der Waals surface area contributed by atoms with E-state index in [1.54, 1.807) is 36.4 Å². The summed E-state index contributed by atoms with van der Waals surface area (Å²) in [6, 6.07) is 24.9. The van der Waals surface area contributed by atoms with Gasteiger partial charge in [-0.3, -0.25) is 9.59 Å². The second-order valence-electron chi connectivity index (χ2n) is 7.16. The van der Waals surface area contributed by atoms with Crippen molar-refractivity contribution in [2.75, 3.05) is 5.32 Å². The second-order valence-corrected chi connectivity index (χ2v) is 7.16. The molecule has 0 saturated heterocycles. The van der Waals surface area contributed by atoms with Crippen molar-refractivity contribution in [3.63, 3.8) is 0 Å². The minimum Gasteiger partial charge on any atom is -0.410 e. The lowest BCUT2D eigenvalue weighted by Crippen LogP contribution is -2.44. The topological polar surface area (TPSA) is 90.8 Å². The standard InChI is InChI=1S/C25H21N3O3/c29-24-20-14-8-7-13-19(20)21(28-31)16-22(24)27-23(15-17-9-3-1-4-10-17)25(30)26-18-11-5-2-6-12-18/h1-14,16,23,27,31H,15H2,(H,26,30)/t23-/m1/s1. The molecule has 6 nitrogen and oxygen atoms in total. The molecule has 4 rings (SSSR count). The summed E-state index contributed by atoms with van der Waals surface area (Å²) in [4.78, 5) is 26.2. The third-order valence-corrected chi connectivity index (χ3v) is 5.05. The molecule has 0 aliphatic heterocycles. The molecule has 1 atom stereocenters. The molecule has 3 aromatic rings. The number of benzene rings is 3. The van der Waals surface area contributed by atoms with Crippen LogP contribution >= 0.6 is 0 Å². The molecule has 0 spiro atoms. The van der Waals surface area contributed by atoms with Gasteiger partial charge in [0.05, 0.1) is 5.70 Å². The molecule has 0 bridgehead atoms. The first-order valence-electron chi connectivity index (χ1n) is 9.90. The number of anilines is 1. The highest BCUT2D eigenvalue weighted by Crippen LogP contribution is 2.21. The average Bonchev–Trinajstić information content (AvgIpc) is 2.81. The summed E-state index contributed by atoms with van der Waals surface area (Å²) in [5.41, 5.74) is 3.05. The van der Waals surface area contributed by atoms with E-state index in [4.69, 9.17) is 0 Å². The Morgan fingerprint density at radius 2 is 1.48 bits per heavy atom. The molecule has 0 unspecified atom stereocenters. The number of carbonyl (C=O) groups excluding carboxylic acids is 2. The summed E-state index contributed by atoms with van der Waals surface area (Å²) in [6.45, 7) is 0. The Morgan fingerprint density at radius 3 is 2.16 bits per heavy atom. The largest absolute Gasteiger partial charge is 0.410 e. The zero-order valence-electron chi connectivity index (χ0n) is 16.7. The smallest absolute Gasteiger partial charge is 0.247 e. The van der Waals surface area contributed by atoms with Crippen LogP contribution in [-0.4, -0.2) is 28.7 Å². The number of para-hydroxylation sites is 1. The fourth-order valence-electron chi connectivity index (χ4n) is 3.52. The molecule has 1 aliphatic rings. The van der Waals surface area contributed by atoms with Crippen molar-refractivity contribution in [1.29, 1.82) is 0 Å². The maximum absolute atomic E-state index is 13.1. The van der Waals surface area contributed by atoms with Crippen LogP contribution < -0.4 is 10.6 Å². The minimum atomic E-state index is -0.719. The van der Waals surface area contributed by atoms with Gasteiger partial charge in [-0.15, -0.1) is 0 Å². The van der Waals surface area contributed by atoms with Gasteiger partial charge in [0.15, 0.2) is 0 Å². The van der Waals surface area contributed by atoms with Gasteiger partial charge in [-0.05, 0) is 23.8 Å². The normalized spacial score (nSPS) is 15.0. The van der Waals surface area contributed by atoms with Gasteiger partial charge in [0.1, 0.15) is 11.8 Å². The number of Topliss-reactive ketones (excluding diaryl/α,β-unsaturated/α-hetero) is 1. The third-order valence-electron chi connectivity index (χ3n) is 5.05. The molecular formula is C25H21N3O3. The zero-order chi connectivity index (χ0) is 21.6. The van der Waals surface area contributed by atoms with E-state index >= 15 is 0 Å². The maximum Gasteiger partial charge on any atom is 0.247 e. The minimum absolute atomic E-state index is 0.204. The van der Waals surface area contributed by atoms with Gasteiger partial charge in [0.25, 0.3) is 0 Å². The molecule has 0 fully saturated rings. The molecule has 31 heavy (non-hydrogen) atoms. The SMILES string of the molecule is O=C1C(N[C@H](Cc2ccccc2)C(=O)Nc2ccccc2)=CC(=NO)c2ccccc21. The maximum atomic E-state index is 13.1. The number of ketones is 1. The molecule has 0 aromatic heterocycles. The molecule has 3 N–H and O–H groups in total. The van der Waals surface area contributed by atoms with Gasteiger partial charge < -0.3 is 15.8 Å². The van der Waals surface area contributed by atoms with Crippen molar-refractivity contribution in [2.24, 2.45) is 5.16 Å². The van der Waals surface area contributed by atoms with Gasteiger partial charge in [0, 0.05) is 23.2 Å². The van der Waals surface area contributed by atoms with Crippen LogP contribution in [0.4, 0.5) is 5.69 Å². The van der Waals surface area contributed by atoms with Crippen molar-refractivity contribution in [1.82, 2.24) is 5.32 Å². The van der Waals surface area contributed by atoms with Crippen LogP contribution in [0.3, 0.4) is 0 Å². The summed E-state index contributed by atoms with van der Waals surface area (Å²) in [5.74, 6) is -0.529. The van der Waals surface area contributed by atoms with Gasteiger partial charge in [-0.25, -0.2) is 0 Å². The second kappa shape index (κ2) is 9.09. The Bertz CT molecular complexity index is 1150. The Morgan fingerprint density at radius 1 is 0.871 bits per heavy atom. The van der Waals surface area contributed by atoms with E-state index in [1.165, 1.54) is 6.08 Å². The molecule has 1 amide bonds. The highest BCUT2D eigenvalue weighted by atomic mass is 16.4. The van der Waals surface area contributed by atoms with Crippen molar-refractivity contribution in [3.05, 3.63) is 113 Å². The van der Waals surface area contributed by atoms with Crippen molar-refractivity contribution >= 4 is 23.1 Å². The molecule has 1 aliphatic carbocycles. The first kappa shape index (κ1) is 20.1. The number of nitrogens with one attached hydrogen (secondary N) is 2.